The fraction of sp³-hybridized carbons (Fsp3) is 0.440. The number of halogens is 1. The number of carbonyl (C=O) groups is 2. The van der Waals surface area contributed by atoms with Gasteiger partial charge in [-0.25, -0.2) is 0 Å². The Morgan fingerprint density at radius 2 is 1.65 bits per heavy atom. The molecule has 0 aliphatic heterocycles. The maximum atomic E-state index is 13.1. The fourth-order valence-electron chi connectivity index (χ4n) is 3.13. The lowest BCUT2D eigenvalue weighted by atomic mass is 10.0. The average Bonchev–Trinajstić information content (AvgIpc) is 2.75. The molecule has 0 spiro atoms. The molecule has 2 aromatic carbocycles. The zero-order chi connectivity index (χ0) is 23.0. The predicted molar refractivity (Wildman–Crippen MR) is 125 cm³/mol. The van der Waals surface area contributed by atoms with Crippen molar-refractivity contribution >= 4 is 23.4 Å². The molecule has 2 rings (SSSR count). The van der Waals surface area contributed by atoms with Gasteiger partial charge in [-0.3, -0.25) is 9.59 Å². The van der Waals surface area contributed by atoms with Crippen molar-refractivity contribution < 1.29 is 14.3 Å². The van der Waals surface area contributed by atoms with Crippen molar-refractivity contribution in [2.45, 2.75) is 53.1 Å². The number of nitrogens with zero attached hydrogens (tertiary/aromatic N) is 1. The molecule has 5 nitrogen and oxygen atoms in total. The highest BCUT2D eigenvalue weighted by molar-refractivity contribution is 6.30. The van der Waals surface area contributed by atoms with Gasteiger partial charge in [-0.15, -0.1) is 0 Å². The van der Waals surface area contributed by atoms with Crippen LogP contribution in [0.15, 0.2) is 48.5 Å². The summed E-state index contributed by atoms with van der Waals surface area (Å²) in [6.07, 6.45) is 0. The number of hydrogen-bond acceptors (Lipinski definition) is 3. The normalized spacial score (nSPS) is 12.0. The first-order valence-electron chi connectivity index (χ1n) is 10.7. The number of ether oxygens (including phenoxy) is 1. The molecule has 0 saturated heterocycles. The van der Waals surface area contributed by atoms with Crippen LogP contribution in [0, 0.1) is 5.92 Å². The number of hydrogen-bond donors (Lipinski definition) is 1. The summed E-state index contributed by atoms with van der Waals surface area (Å²) in [6.45, 7) is 10.7. The van der Waals surface area contributed by atoms with Gasteiger partial charge in [-0.05, 0) is 48.1 Å². The van der Waals surface area contributed by atoms with E-state index in [0.717, 1.165) is 11.1 Å². The topological polar surface area (TPSA) is 58.6 Å². The molecule has 0 heterocycles. The third-order valence-electron chi connectivity index (χ3n) is 5.01. The quantitative estimate of drug-likeness (QED) is 0.559. The highest BCUT2D eigenvalue weighted by Gasteiger charge is 2.26. The van der Waals surface area contributed by atoms with Crippen molar-refractivity contribution in [2.75, 3.05) is 13.2 Å². The molecule has 1 unspecified atom stereocenters. The van der Waals surface area contributed by atoms with Crippen molar-refractivity contribution in [3.63, 3.8) is 0 Å². The van der Waals surface area contributed by atoms with Gasteiger partial charge in [-0.1, -0.05) is 69.6 Å². The van der Waals surface area contributed by atoms with Crippen LogP contribution in [-0.2, 0) is 16.1 Å². The summed E-state index contributed by atoms with van der Waals surface area (Å²) >= 11 is 5.99. The lowest BCUT2D eigenvalue weighted by Gasteiger charge is -2.29. The molecule has 0 aliphatic carbocycles. The number of nitrogens with one attached hydrogen (secondary N) is 1. The molecule has 0 bridgehead atoms. The van der Waals surface area contributed by atoms with Crippen LogP contribution in [0.25, 0.3) is 0 Å². The second kappa shape index (κ2) is 11.8. The average molecular weight is 445 g/mol. The molecular formula is C25H33ClN2O3. The number of carbonyl (C=O) groups excluding carboxylic acids is 2. The standard InChI is InChI=1S/C25H33ClN2O3/c1-17(2)14-27-25(30)19(5)28(15-20-10-12-21(26)13-11-20)24(29)16-31-23-9-7-6-8-22(23)18(3)4/h6-13,17-19H,14-16H2,1-5H3,(H,27,30). The largest absolute Gasteiger partial charge is 0.483 e. The Bertz CT molecular complexity index is 865. The molecule has 0 fully saturated rings. The maximum Gasteiger partial charge on any atom is 0.261 e. The molecule has 168 valence electrons. The SMILES string of the molecule is CC(C)CNC(=O)C(C)N(Cc1ccc(Cl)cc1)C(=O)COc1ccccc1C(C)C. The minimum atomic E-state index is -0.633. The van der Waals surface area contributed by atoms with E-state index < -0.39 is 6.04 Å². The van der Waals surface area contributed by atoms with E-state index in [1.807, 2.05) is 50.2 Å². The second-order valence-electron chi connectivity index (χ2n) is 8.44. The smallest absolute Gasteiger partial charge is 0.261 e. The minimum Gasteiger partial charge on any atom is -0.483 e. The Morgan fingerprint density at radius 1 is 1.00 bits per heavy atom. The summed E-state index contributed by atoms with van der Waals surface area (Å²) < 4.78 is 5.88. The van der Waals surface area contributed by atoms with Gasteiger partial charge in [0.15, 0.2) is 6.61 Å². The molecule has 0 aromatic heterocycles. The molecule has 2 amide bonds. The molecule has 0 radical (unpaired) electrons. The van der Waals surface area contributed by atoms with Gasteiger partial charge in [0.25, 0.3) is 5.91 Å². The number of para-hydroxylation sites is 1. The number of benzene rings is 2. The Hall–Kier alpha value is -2.53. The van der Waals surface area contributed by atoms with Crippen LogP contribution < -0.4 is 10.1 Å². The molecule has 31 heavy (non-hydrogen) atoms. The zero-order valence-electron chi connectivity index (χ0n) is 19.0. The monoisotopic (exact) mass is 444 g/mol. The summed E-state index contributed by atoms with van der Waals surface area (Å²) in [6, 6.07) is 14.3. The summed E-state index contributed by atoms with van der Waals surface area (Å²) in [4.78, 5) is 27.4. The first kappa shape index (κ1) is 24.7. The van der Waals surface area contributed by atoms with Crippen molar-refractivity contribution in [3.05, 3.63) is 64.7 Å². The van der Waals surface area contributed by atoms with E-state index in [4.69, 9.17) is 16.3 Å². The second-order valence-corrected chi connectivity index (χ2v) is 8.88. The Balaban J connectivity index is 2.17. The van der Waals surface area contributed by atoms with E-state index in [0.29, 0.717) is 29.8 Å². The lowest BCUT2D eigenvalue weighted by molar-refractivity contribution is -0.142. The molecule has 0 aliphatic rings. The number of amides is 2. The van der Waals surface area contributed by atoms with Crippen molar-refractivity contribution in [2.24, 2.45) is 5.92 Å². The predicted octanol–water partition coefficient (Wildman–Crippen LogP) is 5.03. The maximum absolute atomic E-state index is 13.1. The summed E-state index contributed by atoms with van der Waals surface area (Å²) in [5.74, 6) is 0.859. The highest BCUT2D eigenvalue weighted by atomic mass is 35.5. The molecule has 2 aromatic rings. The van der Waals surface area contributed by atoms with Crippen molar-refractivity contribution in [1.82, 2.24) is 10.2 Å². The lowest BCUT2D eigenvalue weighted by Crippen LogP contribution is -2.49. The van der Waals surface area contributed by atoms with E-state index in [2.05, 4.69) is 19.2 Å². The first-order valence-corrected chi connectivity index (χ1v) is 11.1. The summed E-state index contributed by atoms with van der Waals surface area (Å²) in [5.41, 5.74) is 1.94. The third-order valence-corrected chi connectivity index (χ3v) is 5.26. The molecule has 0 saturated carbocycles. The van der Waals surface area contributed by atoms with E-state index in [-0.39, 0.29) is 24.3 Å². The zero-order valence-corrected chi connectivity index (χ0v) is 19.8. The first-order chi connectivity index (χ1) is 14.7. The minimum absolute atomic E-state index is 0.140. The van der Waals surface area contributed by atoms with E-state index in [1.54, 1.807) is 24.0 Å². The van der Waals surface area contributed by atoms with Gasteiger partial charge in [-0.2, -0.15) is 0 Å². The third kappa shape index (κ3) is 7.59. The molecule has 1 atom stereocenters. The van der Waals surface area contributed by atoms with Crippen LogP contribution >= 0.6 is 11.6 Å². The Morgan fingerprint density at radius 3 is 2.26 bits per heavy atom. The molecule has 6 heteroatoms. The van der Waals surface area contributed by atoms with Crippen LogP contribution in [0.5, 0.6) is 5.75 Å². The Labute approximate surface area is 190 Å². The van der Waals surface area contributed by atoms with Gasteiger partial charge in [0.2, 0.25) is 5.91 Å². The highest BCUT2D eigenvalue weighted by Crippen LogP contribution is 2.26. The Kier molecular flexibility index (Phi) is 9.38. The van der Waals surface area contributed by atoms with Gasteiger partial charge in [0.05, 0.1) is 0 Å². The number of rotatable bonds is 10. The van der Waals surface area contributed by atoms with E-state index >= 15 is 0 Å². The van der Waals surface area contributed by atoms with E-state index in [1.165, 1.54) is 0 Å². The van der Waals surface area contributed by atoms with Crippen LogP contribution in [0.4, 0.5) is 0 Å². The fourth-order valence-corrected chi connectivity index (χ4v) is 3.26. The van der Waals surface area contributed by atoms with Gasteiger partial charge >= 0.3 is 0 Å². The van der Waals surface area contributed by atoms with Crippen LogP contribution in [0.2, 0.25) is 5.02 Å². The van der Waals surface area contributed by atoms with Gasteiger partial charge in [0.1, 0.15) is 11.8 Å². The van der Waals surface area contributed by atoms with Crippen LogP contribution in [0.1, 0.15) is 51.7 Å². The van der Waals surface area contributed by atoms with Crippen molar-refractivity contribution in [3.8, 4) is 5.75 Å². The summed E-state index contributed by atoms with van der Waals surface area (Å²) in [5, 5.41) is 3.54. The van der Waals surface area contributed by atoms with Gasteiger partial charge < -0.3 is 15.0 Å². The molecule has 1 N–H and O–H groups in total. The van der Waals surface area contributed by atoms with Crippen LogP contribution in [0.3, 0.4) is 0 Å². The van der Waals surface area contributed by atoms with Gasteiger partial charge in [0, 0.05) is 18.1 Å². The van der Waals surface area contributed by atoms with Crippen molar-refractivity contribution in [1.29, 1.82) is 0 Å². The summed E-state index contributed by atoms with van der Waals surface area (Å²) in [7, 11) is 0. The van der Waals surface area contributed by atoms with E-state index in [9.17, 15) is 9.59 Å². The molecular weight excluding hydrogens is 412 g/mol. The van der Waals surface area contributed by atoms with Crippen LogP contribution in [-0.4, -0.2) is 35.9 Å².